The van der Waals surface area contributed by atoms with Crippen LogP contribution < -0.4 is 10.5 Å². The number of nitrogens with two attached hydrogens (primary N) is 1. The van der Waals surface area contributed by atoms with Crippen LogP contribution in [0.25, 0.3) is 22.0 Å². The smallest absolute Gasteiger partial charge is 0.303 e. The van der Waals surface area contributed by atoms with E-state index in [0.717, 1.165) is 58.3 Å². The van der Waals surface area contributed by atoms with Crippen molar-refractivity contribution in [1.82, 2.24) is 4.98 Å². The summed E-state index contributed by atoms with van der Waals surface area (Å²) in [4.78, 5) is 15.6. The molecule has 7 heteroatoms. The molecule has 0 atom stereocenters. The molecule has 0 aliphatic heterocycles. The van der Waals surface area contributed by atoms with E-state index in [9.17, 15) is 4.79 Å². The maximum Gasteiger partial charge on any atom is 0.303 e. The summed E-state index contributed by atoms with van der Waals surface area (Å²) in [5.41, 5.74) is 12.9. The first kappa shape index (κ1) is 29.7. The number of halogens is 2. The summed E-state index contributed by atoms with van der Waals surface area (Å²) < 4.78 is 5.99. The Balaban J connectivity index is 0.00000289. The third-order valence-electron chi connectivity index (χ3n) is 5.59. The topological polar surface area (TPSA) is 85.4 Å². The number of hydrogen-bond acceptors (Lipinski definition) is 4. The number of carboxylic acid groups (broad SMARTS) is 1. The van der Waals surface area contributed by atoms with E-state index in [0.29, 0.717) is 25.5 Å². The number of aryl methyl sites for hydroxylation is 1. The lowest BCUT2D eigenvalue weighted by Crippen LogP contribution is -2.10. The highest BCUT2D eigenvalue weighted by atomic mass is 35.5. The normalized spacial score (nSPS) is 10.6. The number of ether oxygens (including phenoxy) is 1. The van der Waals surface area contributed by atoms with Gasteiger partial charge in [0.05, 0.1) is 12.1 Å². The van der Waals surface area contributed by atoms with Crippen LogP contribution >= 0.6 is 24.8 Å². The molecule has 3 rings (SSSR count). The number of carboxylic acids is 1. The van der Waals surface area contributed by atoms with Crippen LogP contribution in [0, 0.1) is 12.8 Å². The maximum atomic E-state index is 10.6. The van der Waals surface area contributed by atoms with Gasteiger partial charge in [-0.3, -0.25) is 9.78 Å². The Morgan fingerprint density at radius 3 is 2.38 bits per heavy atom. The van der Waals surface area contributed by atoms with Crippen LogP contribution in [0.5, 0.6) is 5.75 Å². The summed E-state index contributed by atoms with van der Waals surface area (Å²) in [5.74, 6) is 0.537. The minimum absolute atomic E-state index is 0. The lowest BCUT2D eigenvalue weighted by atomic mass is 9.91. The SMILES string of the molecule is Cc1ccc(-c2c(CN)c(CC(C)C)nc3ccc(OCCCCCC(=O)O)cc23)cc1.Cl.Cl. The molecule has 0 bridgehead atoms. The molecule has 1 heterocycles. The van der Waals surface area contributed by atoms with Gasteiger partial charge in [0, 0.05) is 24.0 Å². The largest absolute Gasteiger partial charge is 0.494 e. The summed E-state index contributed by atoms with van der Waals surface area (Å²) in [5, 5.41) is 9.79. The van der Waals surface area contributed by atoms with Crippen molar-refractivity contribution < 1.29 is 14.6 Å². The lowest BCUT2D eigenvalue weighted by molar-refractivity contribution is -0.137. The molecule has 0 saturated heterocycles. The highest BCUT2D eigenvalue weighted by Crippen LogP contribution is 2.36. The second-order valence-electron chi connectivity index (χ2n) is 8.81. The number of rotatable bonds is 11. The summed E-state index contributed by atoms with van der Waals surface area (Å²) in [6.07, 6.45) is 3.44. The quantitative estimate of drug-likeness (QED) is 0.281. The number of fused-ring (bicyclic) bond motifs is 1. The molecular formula is C27H36Cl2N2O3. The van der Waals surface area contributed by atoms with Crippen molar-refractivity contribution in [3.05, 3.63) is 59.3 Å². The van der Waals surface area contributed by atoms with Gasteiger partial charge in [-0.2, -0.15) is 0 Å². The number of aromatic nitrogens is 1. The molecule has 34 heavy (non-hydrogen) atoms. The van der Waals surface area contributed by atoms with Crippen LogP contribution in [0.3, 0.4) is 0 Å². The second-order valence-corrected chi connectivity index (χ2v) is 8.81. The van der Waals surface area contributed by atoms with Gasteiger partial charge in [-0.1, -0.05) is 43.7 Å². The Kier molecular flexibility index (Phi) is 12.4. The van der Waals surface area contributed by atoms with Gasteiger partial charge in [0.25, 0.3) is 0 Å². The average Bonchev–Trinajstić information content (AvgIpc) is 2.75. The van der Waals surface area contributed by atoms with Gasteiger partial charge in [0.2, 0.25) is 0 Å². The van der Waals surface area contributed by atoms with E-state index in [1.165, 1.54) is 5.56 Å². The molecule has 3 N–H and O–H groups in total. The molecule has 0 unspecified atom stereocenters. The highest BCUT2D eigenvalue weighted by molar-refractivity contribution is 5.97. The van der Waals surface area contributed by atoms with Crippen molar-refractivity contribution in [2.45, 2.75) is 59.4 Å². The van der Waals surface area contributed by atoms with Gasteiger partial charge in [0.15, 0.2) is 0 Å². The van der Waals surface area contributed by atoms with E-state index in [1.54, 1.807) is 0 Å². The molecule has 0 aliphatic rings. The molecule has 0 spiro atoms. The summed E-state index contributed by atoms with van der Waals surface area (Å²) in [6.45, 7) is 7.48. The molecule has 186 valence electrons. The fraction of sp³-hybridized carbons (Fsp3) is 0.407. The predicted octanol–water partition coefficient (Wildman–Crippen LogP) is 6.73. The summed E-state index contributed by atoms with van der Waals surface area (Å²) >= 11 is 0. The van der Waals surface area contributed by atoms with E-state index in [2.05, 4.69) is 51.1 Å². The van der Waals surface area contributed by atoms with Crippen molar-refractivity contribution >= 4 is 41.7 Å². The van der Waals surface area contributed by atoms with Crippen molar-refractivity contribution in [2.75, 3.05) is 6.61 Å². The average molecular weight is 508 g/mol. The number of benzene rings is 2. The highest BCUT2D eigenvalue weighted by Gasteiger charge is 2.17. The van der Waals surface area contributed by atoms with E-state index < -0.39 is 5.97 Å². The number of unbranched alkanes of at least 4 members (excludes halogenated alkanes) is 2. The van der Waals surface area contributed by atoms with E-state index in [-0.39, 0.29) is 31.2 Å². The molecule has 0 saturated carbocycles. The van der Waals surface area contributed by atoms with Crippen molar-refractivity contribution in [2.24, 2.45) is 11.7 Å². The van der Waals surface area contributed by atoms with Crippen LogP contribution in [0.4, 0.5) is 0 Å². The number of nitrogens with zero attached hydrogens (tertiary/aromatic N) is 1. The van der Waals surface area contributed by atoms with Gasteiger partial charge in [-0.15, -0.1) is 24.8 Å². The van der Waals surface area contributed by atoms with Crippen LogP contribution in [0.1, 0.15) is 56.4 Å². The Bertz CT molecular complexity index is 1070. The number of aliphatic carboxylic acids is 1. The number of carbonyl (C=O) groups is 1. The molecule has 5 nitrogen and oxygen atoms in total. The fourth-order valence-electron chi connectivity index (χ4n) is 3.99. The lowest BCUT2D eigenvalue weighted by Gasteiger charge is -2.18. The number of pyridine rings is 1. The van der Waals surface area contributed by atoms with E-state index >= 15 is 0 Å². The molecule has 3 aromatic rings. The van der Waals surface area contributed by atoms with Crippen molar-refractivity contribution in [1.29, 1.82) is 0 Å². The van der Waals surface area contributed by atoms with Crippen molar-refractivity contribution in [3.8, 4) is 16.9 Å². The first-order valence-electron chi connectivity index (χ1n) is 11.5. The number of hydrogen-bond donors (Lipinski definition) is 2. The van der Waals surface area contributed by atoms with Gasteiger partial charge < -0.3 is 15.6 Å². The first-order chi connectivity index (χ1) is 15.4. The maximum absolute atomic E-state index is 10.6. The molecule has 1 aromatic heterocycles. The fourth-order valence-corrected chi connectivity index (χ4v) is 3.99. The zero-order valence-corrected chi connectivity index (χ0v) is 21.8. The van der Waals surface area contributed by atoms with Crippen LogP contribution in [-0.4, -0.2) is 22.7 Å². The summed E-state index contributed by atoms with van der Waals surface area (Å²) in [7, 11) is 0. The minimum atomic E-state index is -0.746. The molecule has 0 amide bonds. The standard InChI is InChI=1S/C27H34N2O3.2ClH/c1-18(2)15-25-23(17-28)27(20-10-8-19(3)9-11-20)22-16-21(12-13-24(22)29-25)32-14-6-4-5-7-26(30)31;;/h8-13,16,18H,4-7,14-15,17,28H2,1-3H3,(H,30,31);2*1H. The Hall–Kier alpha value is -2.34. The monoisotopic (exact) mass is 506 g/mol. The molecule has 0 aliphatic carbocycles. The Morgan fingerprint density at radius 1 is 1.06 bits per heavy atom. The molecule has 0 radical (unpaired) electrons. The minimum Gasteiger partial charge on any atom is -0.494 e. The Morgan fingerprint density at radius 2 is 1.76 bits per heavy atom. The van der Waals surface area contributed by atoms with Crippen LogP contribution in [0.15, 0.2) is 42.5 Å². The summed E-state index contributed by atoms with van der Waals surface area (Å²) in [6, 6.07) is 14.6. The zero-order valence-electron chi connectivity index (χ0n) is 20.2. The van der Waals surface area contributed by atoms with Crippen molar-refractivity contribution in [3.63, 3.8) is 0 Å². The van der Waals surface area contributed by atoms with Gasteiger partial charge in [-0.05, 0) is 73.4 Å². The predicted molar refractivity (Wildman–Crippen MR) is 144 cm³/mol. The third kappa shape index (κ3) is 7.86. The van der Waals surface area contributed by atoms with Crippen LogP contribution in [-0.2, 0) is 17.8 Å². The second kappa shape index (κ2) is 14.1. The van der Waals surface area contributed by atoms with E-state index in [1.807, 2.05) is 12.1 Å². The van der Waals surface area contributed by atoms with Gasteiger partial charge >= 0.3 is 5.97 Å². The van der Waals surface area contributed by atoms with Gasteiger partial charge in [-0.25, -0.2) is 0 Å². The first-order valence-corrected chi connectivity index (χ1v) is 11.5. The zero-order chi connectivity index (χ0) is 23.1. The van der Waals surface area contributed by atoms with Gasteiger partial charge in [0.1, 0.15) is 5.75 Å². The molecular weight excluding hydrogens is 471 g/mol. The molecule has 2 aromatic carbocycles. The van der Waals surface area contributed by atoms with E-state index in [4.69, 9.17) is 20.6 Å². The third-order valence-corrected chi connectivity index (χ3v) is 5.59. The Labute approximate surface area is 214 Å². The molecule has 0 fully saturated rings. The van der Waals surface area contributed by atoms with Crippen LogP contribution in [0.2, 0.25) is 0 Å².